The Morgan fingerprint density at radius 3 is 2.15 bits per heavy atom. The van der Waals surface area contributed by atoms with E-state index < -0.39 is 5.41 Å². The van der Waals surface area contributed by atoms with Crippen LogP contribution in [0.2, 0.25) is 0 Å². The van der Waals surface area contributed by atoms with Gasteiger partial charge in [-0.1, -0.05) is 45.9 Å². The predicted molar refractivity (Wildman–Crippen MR) is 107 cm³/mol. The van der Waals surface area contributed by atoms with Gasteiger partial charge in [-0.05, 0) is 42.3 Å². The monoisotopic (exact) mass is 353 g/mol. The van der Waals surface area contributed by atoms with Crippen molar-refractivity contribution in [2.24, 2.45) is 5.41 Å². The van der Waals surface area contributed by atoms with Gasteiger partial charge in [-0.25, -0.2) is 0 Å². The van der Waals surface area contributed by atoms with Gasteiger partial charge in [0.1, 0.15) is 0 Å². The molecule has 5 nitrogen and oxygen atoms in total. The van der Waals surface area contributed by atoms with Crippen molar-refractivity contribution in [3.05, 3.63) is 54.1 Å². The minimum atomic E-state index is -0.462. The lowest BCUT2D eigenvalue weighted by Crippen LogP contribution is -2.27. The van der Waals surface area contributed by atoms with Gasteiger partial charge in [0.2, 0.25) is 11.8 Å². The summed E-state index contributed by atoms with van der Waals surface area (Å²) in [6, 6.07) is 15.1. The van der Waals surface area contributed by atoms with E-state index in [1.807, 2.05) is 69.3 Å². The SMILES string of the molecule is CCc1cccc(NC(=O)CNc2cccc(NC(=O)C(C)(C)C)c2)c1. The normalized spacial score (nSPS) is 10.9. The summed E-state index contributed by atoms with van der Waals surface area (Å²) in [5.41, 5.74) is 2.98. The van der Waals surface area contributed by atoms with Crippen LogP contribution < -0.4 is 16.0 Å². The Kier molecular flexibility index (Phi) is 6.39. The molecule has 5 heteroatoms. The minimum absolute atomic E-state index is 0.0526. The van der Waals surface area contributed by atoms with Gasteiger partial charge in [0.05, 0.1) is 6.54 Å². The van der Waals surface area contributed by atoms with E-state index in [1.54, 1.807) is 0 Å². The van der Waals surface area contributed by atoms with E-state index >= 15 is 0 Å². The first-order chi connectivity index (χ1) is 12.3. The Morgan fingerprint density at radius 1 is 0.885 bits per heavy atom. The van der Waals surface area contributed by atoms with E-state index in [2.05, 4.69) is 22.9 Å². The molecule has 3 N–H and O–H groups in total. The van der Waals surface area contributed by atoms with Crippen LogP contribution in [0, 0.1) is 5.41 Å². The zero-order valence-corrected chi connectivity index (χ0v) is 15.8. The maximum Gasteiger partial charge on any atom is 0.243 e. The number of nitrogens with one attached hydrogen (secondary N) is 3. The topological polar surface area (TPSA) is 70.2 Å². The van der Waals surface area contributed by atoms with Gasteiger partial charge >= 0.3 is 0 Å². The highest BCUT2D eigenvalue weighted by Crippen LogP contribution is 2.20. The fourth-order valence-corrected chi connectivity index (χ4v) is 2.28. The van der Waals surface area contributed by atoms with Crippen molar-refractivity contribution >= 4 is 28.9 Å². The fraction of sp³-hybridized carbons (Fsp3) is 0.333. The van der Waals surface area contributed by atoms with Gasteiger partial charge in [-0.15, -0.1) is 0 Å². The molecule has 0 aliphatic heterocycles. The molecule has 2 aromatic carbocycles. The fourth-order valence-electron chi connectivity index (χ4n) is 2.28. The van der Waals surface area contributed by atoms with Crippen LogP contribution in [0.3, 0.4) is 0 Å². The van der Waals surface area contributed by atoms with Crippen molar-refractivity contribution in [3.8, 4) is 0 Å². The molecule has 0 bridgehead atoms. The maximum absolute atomic E-state index is 12.1. The molecule has 0 saturated heterocycles. The molecule has 0 heterocycles. The second-order valence-corrected chi connectivity index (χ2v) is 7.24. The summed E-state index contributed by atoms with van der Waals surface area (Å²) in [7, 11) is 0. The van der Waals surface area contributed by atoms with Crippen LogP contribution in [0.1, 0.15) is 33.3 Å². The number of rotatable bonds is 6. The molecule has 0 saturated carbocycles. The molecule has 0 radical (unpaired) electrons. The lowest BCUT2D eigenvalue weighted by Gasteiger charge is -2.18. The predicted octanol–water partition coefficient (Wildman–Crippen LogP) is 4.28. The van der Waals surface area contributed by atoms with Crippen LogP contribution in [0.15, 0.2) is 48.5 Å². The Hall–Kier alpha value is -2.82. The summed E-state index contributed by atoms with van der Waals surface area (Å²) in [4.78, 5) is 24.2. The van der Waals surface area contributed by atoms with Crippen LogP contribution in [-0.2, 0) is 16.0 Å². The van der Waals surface area contributed by atoms with Gasteiger partial charge in [0, 0.05) is 22.5 Å². The number of benzene rings is 2. The first kappa shape index (κ1) is 19.5. The summed E-state index contributed by atoms with van der Waals surface area (Å²) < 4.78 is 0. The number of hydrogen-bond donors (Lipinski definition) is 3. The lowest BCUT2D eigenvalue weighted by molar-refractivity contribution is -0.123. The van der Waals surface area contributed by atoms with Crippen molar-refractivity contribution in [2.45, 2.75) is 34.1 Å². The molecule has 0 spiro atoms. The summed E-state index contributed by atoms with van der Waals surface area (Å²) in [5, 5.41) is 8.85. The second-order valence-electron chi connectivity index (χ2n) is 7.24. The zero-order valence-electron chi connectivity index (χ0n) is 15.8. The van der Waals surface area contributed by atoms with Crippen molar-refractivity contribution in [2.75, 3.05) is 22.5 Å². The summed E-state index contributed by atoms with van der Waals surface area (Å²) in [6.07, 6.45) is 0.926. The molecular weight excluding hydrogens is 326 g/mol. The van der Waals surface area contributed by atoms with E-state index in [0.717, 1.165) is 17.8 Å². The van der Waals surface area contributed by atoms with E-state index in [1.165, 1.54) is 5.56 Å². The standard InChI is InChI=1S/C21H27N3O2/c1-5-15-8-6-10-17(12-15)23-19(25)14-22-16-9-7-11-18(13-16)24-20(26)21(2,3)4/h6-13,22H,5,14H2,1-4H3,(H,23,25)(H,24,26). The lowest BCUT2D eigenvalue weighted by atomic mass is 9.95. The molecule has 26 heavy (non-hydrogen) atoms. The highest BCUT2D eigenvalue weighted by molar-refractivity contribution is 5.95. The molecule has 0 aliphatic rings. The van der Waals surface area contributed by atoms with Gasteiger partial charge < -0.3 is 16.0 Å². The number of carbonyl (C=O) groups is 2. The van der Waals surface area contributed by atoms with E-state index in [4.69, 9.17) is 0 Å². The van der Waals surface area contributed by atoms with Crippen molar-refractivity contribution in [1.82, 2.24) is 0 Å². The largest absolute Gasteiger partial charge is 0.376 e. The van der Waals surface area contributed by atoms with Crippen molar-refractivity contribution in [3.63, 3.8) is 0 Å². The number of anilines is 3. The number of carbonyl (C=O) groups excluding carboxylic acids is 2. The van der Waals surface area contributed by atoms with Gasteiger partial charge in [0.15, 0.2) is 0 Å². The van der Waals surface area contributed by atoms with E-state index in [-0.39, 0.29) is 18.4 Å². The first-order valence-electron chi connectivity index (χ1n) is 8.82. The Labute approximate surface area is 155 Å². The Bertz CT molecular complexity index is 779. The molecule has 0 aromatic heterocycles. The average Bonchev–Trinajstić information content (AvgIpc) is 2.59. The maximum atomic E-state index is 12.1. The van der Waals surface area contributed by atoms with Crippen molar-refractivity contribution < 1.29 is 9.59 Å². The number of aryl methyl sites for hydroxylation is 1. The minimum Gasteiger partial charge on any atom is -0.376 e. The molecular formula is C21H27N3O2. The summed E-state index contributed by atoms with van der Waals surface area (Å²) >= 11 is 0. The van der Waals surface area contributed by atoms with E-state index in [9.17, 15) is 9.59 Å². The first-order valence-corrected chi connectivity index (χ1v) is 8.82. The van der Waals surface area contributed by atoms with Crippen LogP contribution in [0.4, 0.5) is 17.1 Å². The van der Waals surface area contributed by atoms with Crippen LogP contribution in [0.25, 0.3) is 0 Å². The molecule has 2 aromatic rings. The van der Waals surface area contributed by atoms with Crippen LogP contribution in [0.5, 0.6) is 0 Å². The third kappa shape index (κ3) is 5.92. The van der Waals surface area contributed by atoms with Crippen molar-refractivity contribution in [1.29, 1.82) is 0 Å². The van der Waals surface area contributed by atoms with Crippen LogP contribution >= 0.6 is 0 Å². The van der Waals surface area contributed by atoms with Gasteiger partial charge in [-0.2, -0.15) is 0 Å². The quantitative estimate of drug-likeness (QED) is 0.726. The highest BCUT2D eigenvalue weighted by atomic mass is 16.2. The molecule has 2 amide bonds. The number of amides is 2. The molecule has 0 unspecified atom stereocenters. The molecule has 0 fully saturated rings. The number of hydrogen-bond acceptors (Lipinski definition) is 3. The Morgan fingerprint density at radius 2 is 1.50 bits per heavy atom. The average molecular weight is 353 g/mol. The smallest absolute Gasteiger partial charge is 0.243 e. The third-order valence-corrected chi connectivity index (χ3v) is 3.87. The Balaban J connectivity index is 1.91. The molecule has 0 atom stereocenters. The van der Waals surface area contributed by atoms with Gasteiger partial charge in [-0.3, -0.25) is 9.59 Å². The van der Waals surface area contributed by atoms with E-state index in [0.29, 0.717) is 5.69 Å². The van der Waals surface area contributed by atoms with Crippen LogP contribution in [-0.4, -0.2) is 18.4 Å². The zero-order chi connectivity index (χ0) is 19.2. The third-order valence-electron chi connectivity index (χ3n) is 3.87. The van der Waals surface area contributed by atoms with Gasteiger partial charge in [0.25, 0.3) is 0 Å². The highest BCUT2D eigenvalue weighted by Gasteiger charge is 2.21. The second kappa shape index (κ2) is 8.52. The molecule has 0 aliphatic carbocycles. The molecule has 2 rings (SSSR count). The summed E-state index contributed by atoms with van der Waals surface area (Å²) in [5.74, 6) is -0.175. The summed E-state index contributed by atoms with van der Waals surface area (Å²) in [6.45, 7) is 7.81. The molecule has 138 valence electrons.